The van der Waals surface area contributed by atoms with Gasteiger partial charge in [-0.3, -0.25) is 0 Å². The first-order chi connectivity index (χ1) is 8.05. The van der Waals surface area contributed by atoms with E-state index in [1.807, 2.05) is 5.38 Å². The van der Waals surface area contributed by atoms with Gasteiger partial charge in [0, 0.05) is 5.38 Å². The summed E-state index contributed by atoms with van der Waals surface area (Å²) in [7, 11) is 0. The summed E-state index contributed by atoms with van der Waals surface area (Å²) in [5.74, 6) is 0.188. The molecule has 0 unspecified atom stereocenters. The molecule has 2 aromatic heterocycles. The molecular formula is C10H8F3N3S. The molecule has 0 aliphatic rings. The van der Waals surface area contributed by atoms with Crippen molar-refractivity contribution in [2.24, 2.45) is 0 Å². The van der Waals surface area contributed by atoms with Gasteiger partial charge >= 0.3 is 6.18 Å². The second-order valence-corrected chi connectivity index (χ2v) is 3.96. The molecule has 0 amide bonds. The largest absolute Gasteiger partial charge is 0.433 e. The van der Waals surface area contributed by atoms with Crippen LogP contribution in [-0.4, -0.2) is 9.97 Å². The van der Waals surface area contributed by atoms with E-state index in [1.54, 1.807) is 5.51 Å². The van der Waals surface area contributed by atoms with Gasteiger partial charge in [-0.05, 0) is 12.1 Å². The van der Waals surface area contributed by atoms with Crippen LogP contribution in [0.15, 0.2) is 29.1 Å². The molecule has 0 saturated carbocycles. The minimum Gasteiger partial charge on any atom is -0.364 e. The fraction of sp³-hybridized carbons (Fsp3) is 0.200. The zero-order valence-corrected chi connectivity index (χ0v) is 9.35. The number of anilines is 1. The SMILES string of the molecule is FC(F)(F)c1cccc(NCc2cscn2)n1. The summed E-state index contributed by atoms with van der Waals surface area (Å²) in [4.78, 5) is 7.49. The molecule has 3 nitrogen and oxygen atoms in total. The van der Waals surface area contributed by atoms with Crippen LogP contribution in [-0.2, 0) is 12.7 Å². The number of pyridine rings is 1. The van der Waals surface area contributed by atoms with Crippen LogP contribution >= 0.6 is 11.3 Å². The van der Waals surface area contributed by atoms with Crippen LogP contribution in [0.1, 0.15) is 11.4 Å². The number of thiazole rings is 1. The molecule has 2 aromatic rings. The van der Waals surface area contributed by atoms with E-state index in [0.717, 1.165) is 11.8 Å². The number of hydrogen-bond acceptors (Lipinski definition) is 4. The number of hydrogen-bond donors (Lipinski definition) is 1. The number of nitrogens with zero attached hydrogens (tertiary/aromatic N) is 2. The van der Waals surface area contributed by atoms with E-state index in [-0.39, 0.29) is 5.82 Å². The molecule has 0 aliphatic carbocycles. The lowest BCUT2D eigenvalue weighted by Crippen LogP contribution is -2.10. The van der Waals surface area contributed by atoms with E-state index in [4.69, 9.17) is 0 Å². The van der Waals surface area contributed by atoms with Crippen molar-refractivity contribution < 1.29 is 13.2 Å². The molecule has 0 saturated heterocycles. The van der Waals surface area contributed by atoms with Gasteiger partial charge in [-0.2, -0.15) is 13.2 Å². The summed E-state index contributed by atoms with van der Waals surface area (Å²) in [6.45, 7) is 0.359. The van der Waals surface area contributed by atoms with Gasteiger partial charge in [0.05, 0.1) is 17.7 Å². The average Bonchev–Trinajstić information content (AvgIpc) is 2.78. The normalized spacial score (nSPS) is 11.5. The summed E-state index contributed by atoms with van der Waals surface area (Å²) in [5, 5.41) is 4.61. The molecule has 2 heterocycles. The Morgan fingerprint density at radius 2 is 2.12 bits per heavy atom. The zero-order valence-electron chi connectivity index (χ0n) is 8.53. The van der Waals surface area contributed by atoms with Gasteiger partial charge < -0.3 is 5.32 Å². The number of alkyl halides is 3. The minimum absolute atomic E-state index is 0.188. The Hall–Kier alpha value is -1.63. The molecule has 2 rings (SSSR count). The van der Waals surface area contributed by atoms with Crippen LogP contribution in [0.25, 0.3) is 0 Å². The summed E-state index contributed by atoms with van der Waals surface area (Å²) in [6.07, 6.45) is -4.42. The standard InChI is InChI=1S/C10H8F3N3S/c11-10(12,13)8-2-1-3-9(16-8)14-4-7-5-17-6-15-7/h1-3,5-6H,4H2,(H,14,16). The van der Waals surface area contributed by atoms with Crippen LogP contribution in [0, 0.1) is 0 Å². The molecule has 0 aromatic carbocycles. The maximum atomic E-state index is 12.4. The topological polar surface area (TPSA) is 37.8 Å². The molecule has 7 heteroatoms. The second kappa shape index (κ2) is 4.70. The first kappa shape index (κ1) is 11.8. The highest BCUT2D eigenvalue weighted by Gasteiger charge is 2.32. The van der Waals surface area contributed by atoms with Crippen molar-refractivity contribution in [1.82, 2.24) is 9.97 Å². The van der Waals surface area contributed by atoms with Crippen molar-refractivity contribution in [1.29, 1.82) is 0 Å². The lowest BCUT2D eigenvalue weighted by molar-refractivity contribution is -0.141. The maximum Gasteiger partial charge on any atom is 0.433 e. The Labute approximate surface area is 99.3 Å². The molecular weight excluding hydrogens is 251 g/mol. The summed E-state index contributed by atoms with van der Waals surface area (Å²) < 4.78 is 37.1. The van der Waals surface area contributed by atoms with Gasteiger partial charge in [-0.1, -0.05) is 6.07 Å². The highest BCUT2D eigenvalue weighted by molar-refractivity contribution is 7.07. The second-order valence-electron chi connectivity index (χ2n) is 3.24. The van der Waals surface area contributed by atoms with Gasteiger partial charge in [0.1, 0.15) is 11.5 Å². The van der Waals surface area contributed by atoms with Gasteiger partial charge in [0.25, 0.3) is 0 Å². The quantitative estimate of drug-likeness (QED) is 0.920. The molecule has 0 spiro atoms. The van der Waals surface area contributed by atoms with E-state index in [2.05, 4.69) is 15.3 Å². The van der Waals surface area contributed by atoms with E-state index in [9.17, 15) is 13.2 Å². The van der Waals surface area contributed by atoms with Gasteiger partial charge in [0.15, 0.2) is 0 Å². The Morgan fingerprint density at radius 1 is 1.29 bits per heavy atom. The van der Waals surface area contributed by atoms with Crippen LogP contribution in [0.4, 0.5) is 19.0 Å². The van der Waals surface area contributed by atoms with Gasteiger partial charge in [0.2, 0.25) is 0 Å². The van der Waals surface area contributed by atoms with Crippen molar-refractivity contribution >= 4 is 17.2 Å². The molecule has 0 aliphatic heterocycles. The van der Waals surface area contributed by atoms with Crippen molar-refractivity contribution in [3.8, 4) is 0 Å². The molecule has 0 fully saturated rings. The first-order valence-corrected chi connectivity index (χ1v) is 5.65. The highest BCUT2D eigenvalue weighted by atomic mass is 32.1. The minimum atomic E-state index is -4.42. The number of halogens is 3. The third-order valence-electron chi connectivity index (χ3n) is 1.97. The Kier molecular flexibility index (Phi) is 3.28. The van der Waals surface area contributed by atoms with Crippen molar-refractivity contribution in [2.45, 2.75) is 12.7 Å². The predicted octanol–water partition coefficient (Wildman–Crippen LogP) is 3.17. The Morgan fingerprint density at radius 3 is 2.76 bits per heavy atom. The van der Waals surface area contributed by atoms with Crippen molar-refractivity contribution in [3.05, 3.63) is 40.5 Å². The van der Waals surface area contributed by atoms with E-state index in [1.165, 1.54) is 23.5 Å². The van der Waals surface area contributed by atoms with Crippen molar-refractivity contribution in [3.63, 3.8) is 0 Å². The van der Waals surface area contributed by atoms with Crippen molar-refractivity contribution in [2.75, 3.05) is 5.32 Å². The molecule has 0 radical (unpaired) electrons. The Bertz CT molecular complexity index is 482. The fourth-order valence-electron chi connectivity index (χ4n) is 1.20. The fourth-order valence-corrected chi connectivity index (χ4v) is 1.76. The lowest BCUT2D eigenvalue weighted by Gasteiger charge is -2.08. The summed E-state index contributed by atoms with van der Waals surface area (Å²) in [5.41, 5.74) is 1.53. The molecule has 1 N–H and O–H groups in total. The van der Waals surface area contributed by atoms with Crippen LogP contribution in [0.5, 0.6) is 0 Å². The summed E-state index contributed by atoms with van der Waals surface area (Å²) >= 11 is 1.43. The third-order valence-corrected chi connectivity index (χ3v) is 2.61. The lowest BCUT2D eigenvalue weighted by atomic mass is 10.3. The van der Waals surface area contributed by atoms with Crippen LogP contribution < -0.4 is 5.32 Å². The monoisotopic (exact) mass is 259 g/mol. The molecule has 90 valence electrons. The predicted molar refractivity (Wildman–Crippen MR) is 58.7 cm³/mol. The number of rotatable bonds is 3. The smallest absolute Gasteiger partial charge is 0.364 e. The first-order valence-electron chi connectivity index (χ1n) is 4.71. The number of aromatic nitrogens is 2. The molecule has 0 bridgehead atoms. The van der Waals surface area contributed by atoms with E-state index < -0.39 is 11.9 Å². The van der Waals surface area contributed by atoms with Crippen LogP contribution in [0.3, 0.4) is 0 Å². The Balaban J connectivity index is 2.07. The van der Waals surface area contributed by atoms with E-state index in [0.29, 0.717) is 6.54 Å². The summed E-state index contributed by atoms with van der Waals surface area (Å²) in [6, 6.07) is 3.74. The number of nitrogens with one attached hydrogen (secondary N) is 1. The molecule has 17 heavy (non-hydrogen) atoms. The third kappa shape index (κ3) is 3.16. The maximum absolute atomic E-state index is 12.4. The van der Waals surface area contributed by atoms with E-state index >= 15 is 0 Å². The zero-order chi connectivity index (χ0) is 12.3. The van der Waals surface area contributed by atoms with Gasteiger partial charge in [-0.25, -0.2) is 9.97 Å². The highest BCUT2D eigenvalue weighted by Crippen LogP contribution is 2.28. The average molecular weight is 259 g/mol. The van der Waals surface area contributed by atoms with Crippen LogP contribution in [0.2, 0.25) is 0 Å². The molecule has 0 atom stereocenters. The van der Waals surface area contributed by atoms with Gasteiger partial charge in [-0.15, -0.1) is 11.3 Å².